The average Bonchev–Trinajstić information content (AvgIpc) is 2.47. The molecule has 2 atom stereocenters. The van der Waals surface area contributed by atoms with Gasteiger partial charge in [0, 0.05) is 6.04 Å². The van der Waals surface area contributed by atoms with Crippen molar-refractivity contribution >= 4 is 29.1 Å². The van der Waals surface area contributed by atoms with Crippen LogP contribution in [0, 0.1) is 5.92 Å². The number of carbonyl (C=O) groups excluding carboxylic acids is 2. The highest BCUT2D eigenvalue weighted by molar-refractivity contribution is 7.80. The van der Waals surface area contributed by atoms with Gasteiger partial charge in [-0.3, -0.25) is 20.2 Å². The number of allylic oxidation sites excluding steroid dienone is 2. The van der Waals surface area contributed by atoms with Gasteiger partial charge in [0.05, 0.1) is 0 Å². The van der Waals surface area contributed by atoms with Gasteiger partial charge >= 0.3 is 0 Å². The summed E-state index contributed by atoms with van der Waals surface area (Å²) >= 11 is 4.77. The molecule has 0 aromatic carbocycles. The summed E-state index contributed by atoms with van der Waals surface area (Å²) in [4.78, 5) is 25.7. The van der Waals surface area contributed by atoms with E-state index in [1.807, 2.05) is 0 Å². The summed E-state index contributed by atoms with van der Waals surface area (Å²) in [6.45, 7) is 4.38. The van der Waals surface area contributed by atoms with Crippen molar-refractivity contribution in [3.8, 4) is 0 Å². The van der Waals surface area contributed by atoms with Gasteiger partial charge < -0.3 is 4.90 Å². The summed E-state index contributed by atoms with van der Waals surface area (Å²) in [7, 11) is 4.12. The molecule has 0 aliphatic carbocycles. The highest BCUT2D eigenvalue weighted by Gasteiger charge is 2.25. The first-order valence-corrected chi connectivity index (χ1v) is 8.49. The molecule has 1 aliphatic heterocycles. The van der Waals surface area contributed by atoms with E-state index in [-0.39, 0.29) is 10.7 Å². The van der Waals surface area contributed by atoms with Crippen LogP contribution in [0.2, 0.25) is 0 Å². The van der Waals surface area contributed by atoms with Gasteiger partial charge in [-0.05, 0) is 51.7 Å². The van der Waals surface area contributed by atoms with Crippen LogP contribution in [0.4, 0.5) is 0 Å². The van der Waals surface area contributed by atoms with Gasteiger partial charge in [-0.25, -0.2) is 0 Å². The largest absolute Gasteiger partial charge is 0.306 e. The lowest BCUT2D eigenvalue weighted by Crippen LogP contribution is -2.51. The van der Waals surface area contributed by atoms with Crippen LogP contribution in [0.5, 0.6) is 0 Å². The van der Waals surface area contributed by atoms with Gasteiger partial charge in [0.15, 0.2) is 5.11 Å². The fourth-order valence-electron chi connectivity index (χ4n) is 2.43. The number of nitrogens with one attached hydrogen (secondary N) is 2. The molecule has 1 rings (SSSR count). The van der Waals surface area contributed by atoms with E-state index in [1.54, 1.807) is 12.2 Å². The van der Waals surface area contributed by atoms with Crippen molar-refractivity contribution in [2.45, 2.75) is 45.6 Å². The fourth-order valence-corrected chi connectivity index (χ4v) is 2.62. The molecule has 5 nitrogen and oxygen atoms in total. The molecule has 2 amide bonds. The number of hydrogen-bond acceptors (Lipinski definition) is 4. The summed E-state index contributed by atoms with van der Waals surface area (Å²) in [6.07, 6.45) is 10.1. The van der Waals surface area contributed by atoms with Crippen LogP contribution in [-0.4, -0.2) is 42.0 Å². The van der Waals surface area contributed by atoms with E-state index in [9.17, 15) is 9.59 Å². The monoisotopic (exact) mass is 337 g/mol. The average molecular weight is 337 g/mol. The molecule has 2 N–H and O–H groups in total. The Morgan fingerprint density at radius 2 is 1.78 bits per heavy atom. The third-order valence-electron chi connectivity index (χ3n) is 4.14. The van der Waals surface area contributed by atoms with Crippen LogP contribution in [0.15, 0.2) is 23.8 Å². The highest BCUT2D eigenvalue weighted by atomic mass is 32.1. The highest BCUT2D eigenvalue weighted by Crippen LogP contribution is 2.19. The Bertz CT molecular complexity index is 490. The van der Waals surface area contributed by atoms with Crippen LogP contribution in [0.1, 0.15) is 39.5 Å². The minimum atomic E-state index is -0.452. The van der Waals surface area contributed by atoms with Crippen LogP contribution in [0.25, 0.3) is 0 Å². The van der Waals surface area contributed by atoms with Crippen molar-refractivity contribution in [2.24, 2.45) is 5.92 Å². The van der Waals surface area contributed by atoms with Crippen molar-refractivity contribution < 1.29 is 9.59 Å². The Kier molecular flexibility index (Phi) is 8.12. The van der Waals surface area contributed by atoms with Crippen LogP contribution < -0.4 is 10.6 Å². The molecule has 2 unspecified atom stereocenters. The Balaban J connectivity index is 2.78. The smallest absolute Gasteiger partial charge is 0.263 e. The third-order valence-corrected chi connectivity index (χ3v) is 4.34. The molecular formula is C17H27N3O2S. The molecule has 0 spiro atoms. The quantitative estimate of drug-likeness (QED) is 0.308. The Morgan fingerprint density at radius 3 is 2.30 bits per heavy atom. The molecule has 0 radical (unpaired) electrons. The van der Waals surface area contributed by atoms with Gasteiger partial charge in [-0.2, -0.15) is 0 Å². The van der Waals surface area contributed by atoms with E-state index in [1.165, 1.54) is 19.3 Å². The zero-order chi connectivity index (χ0) is 17.4. The predicted octanol–water partition coefficient (Wildman–Crippen LogP) is 2.15. The molecule has 23 heavy (non-hydrogen) atoms. The molecular weight excluding hydrogens is 310 g/mol. The minimum Gasteiger partial charge on any atom is -0.306 e. The maximum atomic E-state index is 11.8. The van der Waals surface area contributed by atoms with E-state index in [0.29, 0.717) is 12.0 Å². The first-order valence-electron chi connectivity index (χ1n) is 8.08. The van der Waals surface area contributed by atoms with Gasteiger partial charge in [-0.1, -0.05) is 38.3 Å². The Morgan fingerprint density at radius 1 is 1.17 bits per heavy atom. The molecule has 1 fully saturated rings. The summed E-state index contributed by atoms with van der Waals surface area (Å²) in [6, 6.07) is 0.392. The van der Waals surface area contributed by atoms with E-state index in [2.05, 4.69) is 49.6 Å². The van der Waals surface area contributed by atoms with Gasteiger partial charge in [-0.15, -0.1) is 0 Å². The number of carbonyl (C=O) groups is 2. The van der Waals surface area contributed by atoms with E-state index >= 15 is 0 Å². The lowest BCUT2D eigenvalue weighted by molar-refractivity contribution is -0.123. The Labute approximate surface area is 144 Å². The maximum Gasteiger partial charge on any atom is 0.263 e. The summed E-state index contributed by atoms with van der Waals surface area (Å²) in [5.41, 5.74) is 0.0830. The van der Waals surface area contributed by atoms with Crippen molar-refractivity contribution in [3.05, 3.63) is 23.8 Å². The van der Waals surface area contributed by atoms with Crippen LogP contribution in [-0.2, 0) is 9.59 Å². The molecule has 0 bridgehead atoms. The number of amides is 2. The van der Waals surface area contributed by atoms with Crippen molar-refractivity contribution in [2.75, 3.05) is 14.1 Å². The first-order chi connectivity index (χ1) is 10.9. The number of unbranched alkanes of at least 4 members (excludes halogenated alkanes) is 2. The molecule has 6 heteroatoms. The molecule has 0 aromatic heterocycles. The van der Waals surface area contributed by atoms with Crippen molar-refractivity contribution in [3.63, 3.8) is 0 Å². The first kappa shape index (κ1) is 19.5. The number of rotatable bonds is 8. The number of thiocarbonyl (C=S) groups is 1. The molecule has 1 aliphatic rings. The second kappa shape index (κ2) is 9.57. The van der Waals surface area contributed by atoms with Gasteiger partial charge in [0.1, 0.15) is 5.57 Å². The number of nitrogens with zero attached hydrogens (tertiary/aromatic N) is 1. The van der Waals surface area contributed by atoms with Crippen LogP contribution >= 0.6 is 12.2 Å². The normalized spacial score (nSPS) is 18.1. The van der Waals surface area contributed by atoms with Crippen molar-refractivity contribution in [1.82, 2.24) is 15.5 Å². The summed E-state index contributed by atoms with van der Waals surface area (Å²) < 4.78 is 0. The predicted molar refractivity (Wildman–Crippen MR) is 96.9 cm³/mol. The SMILES string of the molecule is CCCCCC(C=CC=C1C(=O)NC(=S)NC1=O)C(C)N(C)C. The summed E-state index contributed by atoms with van der Waals surface area (Å²) in [5.74, 6) is -0.526. The maximum absolute atomic E-state index is 11.8. The molecule has 0 aromatic rings. The lowest BCUT2D eigenvalue weighted by Gasteiger charge is -2.27. The van der Waals surface area contributed by atoms with E-state index in [4.69, 9.17) is 12.2 Å². The molecule has 0 saturated carbocycles. The zero-order valence-electron chi connectivity index (χ0n) is 14.4. The zero-order valence-corrected chi connectivity index (χ0v) is 15.2. The van der Waals surface area contributed by atoms with E-state index in [0.717, 1.165) is 6.42 Å². The number of hydrogen-bond donors (Lipinski definition) is 2. The second-order valence-electron chi connectivity index (χ2n) is 6.07. The third kappa shape index (κ3) is 6.23. The molecule has 1 saturated heterocycles. The lowest BCUT2D eigenvalue weighted by atomic mass is 9.93. The molecule has 1 heterocycles. The second-order valence-corrected chi connectivity index (χ2v) is 6.47. The molecule has 128 valence electrons. The topological polar surface area (TPSA) is 61.4 Å². The Hall–Kier alpha value is -1.53. The van der Waals surface area contributed by atoms with Crippen molar-refractivity contribution in [1.29, 1.82) is 0 Å². The fraction of sp³-hybridized carbons (Fsp3) is 0.588. The summed E-state index contributed by atoms with van der Waals surface area (Å²) in [5, 5.41) is 4.92. The van der Waals surface area contributed by atoms with Crippen LogP contribution in [0.3, 0.4) is 0 Å². The van der Waals surface area contributed by atoms with E-state index < -0.39 is 11.8 Å². The van der Waals surface area contributed by atoms with Gasteiger partial charge in [0.25, 0.3) is 11.8 Å². The van der Waals surface area contributed by atoms with Gasteiger partial charge in [0.2, 0.25) is 0 Å². The minimum absolute atomic E-state index is 0.0554. The standard InChI is InChI=1S/C17H27N3O2S/c1-5-6-7-9-13(12(2)20(3)4)10-8-11-14-15(21)18-17(23)19-16(14)22/h8,10-13H,5-7,9H2,1-4H3,(H2,18,19,21,22,23).